The van der Waals surface area contributed by atoms with Crippen LogP contribution in [-0.2, 0) is 25.7 Å². The highest BCUT2D eigenvalue weighted by Crippen LogP contribution is 2.25. The molecular formula is C21H30N2O4. The second-order valence-electron chi connectivity index (χ2n) is 7.46. The van der Waals surface area contributed by atoms with Crippen molar-refractivity contribution in [2.45, 2.75) is 50.9 Å². The van der Waals surface area contributed by atoms with Gasteiger partial charge in [0.2, 0.25) is 11.8 Å². The van der Waals surface area contributed by atoms with Crippen LogP contribution in [0.15, 0.2) is 30.3 Å². The molecule has 1 atom stereocenters. The van der Waals surface area contributed by atoms with Crippen molar-refractivity contribution < 1.29 is 19.1 Å². The molecule has 6 nitrogen and oxygen atoms in total. The van der Waals surface area contributed by atoms with Gasteiger partial charge in [-0.15, -0.1) is 0 Å². The van der Waals surface area contributed by atoms with Gasteiger partial charge in [0.25, 0.3) is 0 Å². The molecule has 1 saturated heterocycles. The topological polar surface area (TPSA) is 59.1 Å². The normalized spacial score (nSPS) is 22.0. The van der Waals surface area contributed by atoms with Crippen molar-refractivity contribution >= 4 is 11.8 Å². The van der Waals surface area contributed by atoms with Gasteiger partial charge in [-0.25, -0.2) is 0 Å². The van der Waals surface area contributed by atoms with Crippen LogP contribution in [0.3, 0.4) is 0 Å². The lowest BCUT2D eigenvalue weighted by Gasteiger charge is -2.34. The first kappa shape index (κ1) is 19.8. The zero-order valence-corrected chi connectivity index (χ0v) is 16.1. The summed E-state index contributed by atoms with van der Waals surface area (Å²) in [6.07, 6.45) is 5.46. The molecule has 0 spiro atoms. The molecule has 0 bridgehead atoms. The van der Waals surface area contributed by atoms with Crippen molar-refractivity contribution in [3.8, 4) is 0 Å². The second kappa shape index (κ2) is 9.85. The number of methoxy groups -OCH3 is 1. The quantitative estimate of drug-likeness (QED) is 0.766. The maximum absolute atomic E-state index is 12.9. The Kier molecular flexibility index (Phi) is 7.24. The maximum Gasteiger partial charge on any atom is 0.249 e. The third-order valence-electron chi connectivity index (χ3n) is 5.44. The smallest absolute Gasteiger partial charge is 0.249 e. The number of ether oxygens (including phenoxy) is 2. The summed E-state index contributed by atoms with van der Waals surface area (Å²) >= 11 is 0. The summed E-state index contributed by atoms with van der Waals surface area (Å²) in [5, 5.41) is 0. The Balaban J connectivity index is 1.71. The average molecular weight is 374 g/mol. The first-order valence-corrected chi connectivity index (χ1v) is 9.89. The second-order valence-corrected chi connectivity index (χ2v) is 7.46. The summed E-state index contributed by atoms with van der Waals surface area (Å²) in [4.78, 5) is 28.8. The summed E-state index contributed by atoms with van der Waals surface area (Å²) in [6, 6.07) is 10.3. The molecule has 1 aromatic carbocycles. The zero-order valence-electron chi connectivity index (χ0n) is 16.1. The van der Waals surface area contributed by atoms with Gasteiger partial charge in [-0.05, 0) is 18.4 Å². The van der Waals surface area contributed by atoms with Gasteiger partial charge in [0.1, 0.15) is 6.61 Å². The van der Waals surface area contributed by atoms with Crippen LogP contribution in [0, 0.1) is 0 Å². The molecule has 1 saturated carbocycles. The molecule has 1 unspecified atom stereocenters. The number of rotatable bonds is 6. The van der Waals surface area contributed by atoms with Crippen LogP contribution in [0.2, 0.25) is 0 Å². The zero-order chi connectivity index (χ0) is 19.1. The van der Waals surface area contributed by atoms with Gasteiger partial charge in [0, 0.05) is 26.2 Å². The van der Waals surface area contributed by atoms with E-state index in [4.69, 9.17) is 9.47 Å². The fourth-order valence-corrected chi connectivity index (χ4v) is 3.99. The minimum absolute atomic E-state index is 0.0118. The molecule has 2 amide bonds. The molecule has 6 heteroatoms. The number of nitrogens with zero attached hydrogens (tertiary/aromatic N) is 2. The lowest BCUT2D eigenvalue weighted by molar-refractivity contribution is -0.142. The van der Waals surface area contributed by atoms with E-state index in [0.717, 1.165) is 31.2 Å². The lowest BCUT2D eigenvalue weighted by Crippen LogP contribution is -2.46. The molecule has 0 N–H and O–H groups in total. The van der Waals surface area contributed by atoms with Crippen LogP contribution in [0.1, 0.15) is 37.7 Å². The Morgan fingerprint density at radius 2 is 1.85 bits per heavy atom. The summed E-state index contributed by atoms with van der Waals surface area (Å²) in [7, 11) is 1.50. The van der Waals surface area contributed by atoms with Gasteiger partial charge in [-0.3, -0.25) is 9.59 Å². The molecule has 3 rings (SSSR count). The van der Waals surface area contributed by atoms with E-state index in [9.17, 15) is 9.59 Å². The lowest BCUT2D eigenvalue weighted by atomic mass is 9.94. The van der Waals surface area contributed by atoms with Crippen LogP contribution >= 0.6 is 0 Å². The fraction of sp³-hybridized carbons (Fsp3) is 0.619. The molecule has 1 aliphatic carbocycles. The van der Waals surface area contributed by atoms with Gasteiger partial charge in [0.05, 0.1) is 19.3 Å². The van der Waals surface area contributed by atoms with Crippen LogP contribution < -0.4 is 0 Å². The monoisotopic (exact) mass is 374 g/mol. The standard InChI is InChI=1S/C21H30N2O4/c1-26-16-21(25)22-12-19(27-15-17-8-4-2-5-9-17)13-23(20(24)14-22)18-10-6-3-7-11-18/h2,4-5,8-9,18-19H,3,6-7,10-16H2,1H3. The number of benzene rings is 1. The van der Waals surface area contributed by atoms with E-state index in [0.29, 0.717) is 19.7 Å². The van der Waals surface area contributed by atoms with Crippen LogP contribution in [0.5, 0.6) is 0 Å². The van der Waals surface area contributed by atoms with Crippen molar-refractivity contribution in [2.24, 2.45) is 0 Å². The Hall–Kier alpha value is -1.92. The SMILES string of the molecule is COCC(=O)N1CC(=O)N(C2CCCCC2)CC(OCc2ccccc2)C1. The van der Waals surface area contributed by atoms with Crippen LogP contribution in [0.4, 0.5) is 0 Å². The van der Waals surface area contributed by atoms with E-state index in [1.54, 1.807) is 4.90 Å². The molecule has 2 aliphatic rings. The van der Waals surface area contributed by atoms with E-state index in [-0.39, 0.29) is 37.1 Å². The largest absolute Gasteiger partial charge is 0.375 e. The summed E-state index contributed by atoms with van der Waals surface area (Å²) in [5.74, 6) is -0.137. The predicted molar refractivity (Wildman–Crippen MR) is 102 cm³/mol. The van der Waals surface area contributed by atoms with Gasteiger partial charge in [0.15, 0.2) is 0 Å². The Labute approximate surface area is 161 Å². The summed E-state index contributed by atoms with van der Waals surface area (Å²) < 4.78 is 11.1. The number of amides is 2. The third-order valence-corrected chi connectivity index (χ3v) is 5.44. The number of hydrogen-bond acceptors (Lipinski definition) is 4. The maximum atomic E-state index is 12.9. The minimum Gasteiger partial charge on any atom is -0.375 e. The van der Waals surface area contributed by atoms with Crippen molar-refractivity contribution in [3.05, 3.63) is 35.9 Å². The van der Waals surface area contributed by atoms with Crippen molar-refractivity contribution in [3.63, 3.8) is 0 Å². The fourth-order valence-electron chi connectivity index (χ4n) is 3.99. The Bertz CT molecular complexity index is 616. The molecular weight excluding hydrogens is 344 g/mol. The van der Waals surface area contributed by atoms with Crippen LogP contribution in [-0.4, -0.2) is 67.1 Å². The first-order valence-electron chi connectivity index (χ1n) is 9.89. The van der Waals surface area contributed by atoms with Crippen molar-refractivity contribution in [2.75, 3.05) is 33.4 Å². The van der Waals surface area contributed by atoms with E-state index in [2.05, 4.69) is 0 Å². The first-order chi connectivity index (χ1) is 13.2. The van der Waals surface area contributed by atoms with Crippen molar-refractivity contribution in [1.29, 1.82) is 0 Å². The van der Waals surface area contributed by atoms with E-state index < -0.39 is 0 Å². The Morgan fingerprint density at radius 3 is 2.56 bits per heavy atom. The summed E-state index contributed by atoms with van der Waals surface area (Å²) in [5.41, 5.74) is 1.09. The van der Waals surface area contributed by atoms with E-state index >= 15 is 0 Å². The molecule has 148 valence electrons. The molecule has 27 heavy (non-hydrogen) atoms. The van der Waals surface area contributed by atoms with Gasteiger partial charge in [-0.2, -0.15) is 0 Å². The number of carbonyl (C=O) groups is 2. The third kappa shape index (κ3) is 5.53. The van der Waals surface area contributed by atoms with Gasteiger partial charge in [-0.1, -0.05) is 49.6 Å². The molecule has 0 aromatic heterocycles. The number of carbonyl (C=O) groups excluding carboxylic acids is 2. The van der Waals surface area contributed by atoms with Gasteiger partial charge >= 0.3 is 0 Å². The molecule has 1 aliphatic heterocycles. The highest BCUT2D eigenvalue weighted by Gasteiger charge is 2.34. The minimum atomic E-state index is -0.195. The van der Waals surface area contributed by atoms with E-state index in [1.807, 2.05) is 35.2 Å². The highest BCUT2D eigenvalue weighted by atomic mass is 16.5. The van der Waals surface area contributed by atoms with Crippen molar-refractivity contribution in [1.82, 2.24) is 9.80 Å². The van der Waals surface area contributed by atoms with Crippen LogP contribution in [0.25, 0.3) is 0 Å². The molecule has 0 radical (unpaired) electrons. The summed E-state index contributed by atoms with van der Waals surface area (Å²) in [6.45, 7) is 1.55. The molecule has 2 fully saturated rings. The highest BCUT2D eigenvalue weighted by molar-refractivity contribution is 5.86. The van der Waals surface area contributed by atoms with E-state index in [1.165, 1.54) is 13.5 Å². The predicted octanol–water partition coefficient (Wildman–Crippen LogP) is 2.22. The Morgan fingerprint density at radius 1 is 1.11 bits per heavy atom. The molecule has 1 heterocycles. The van der Waals surface area contributed by atoms with Gasteiger partial charge < -0.3 is 19.3 Å². The average Bonchev–Trinajstić information content (AvgIpc) is 2.87. The number of hydrogen-bond donors (Lipinski definition) is 0. The molecule has 1 aromatic rings.